The Hall–Kier alpha value is -4.44. The minimum absolute atomic E-state index is 0.0451. The molecule has 2 aromatic carbocycles. The van der Waals surface area contributed by atoms with Gasteiger partial charge in [-0.05, 0) is 30.3 Å². The van der Waals surface area contributed by atoms with E-state index in [-0.39, 0.29) is 12.5 Å². The van der Waals surface area contributed by atoms with E-state index >= 15 is 0 Å². The number of nitrogens with zero attached hydrogens (tertiary/aromatic N) is 5. The molecule has 0 bridgehead atoms. The third-order valence-corrected chi connectivity index (χ3v) is 5.53. The molecule has 0 aliphatic heterocycles. The lowest BCUT2D eigenvalue weighted by Gasteiger charge is -2.24. The van der Waals surface area contributed by atoms with Crippen LogP contribution in [0.1, 0.15) is 0 Å². The normalized spacial score (nSPS) is 10.7. The smallest absolute Gasteiger partial charge is 0.247 e. The number of imidazole rings is 1. The summed E-state index contributed by atoms with van der Waals surface area (Å²) in [7, 11) is 5.30. The first kappa shape index (κ1) is 23.7. The second-order valence-electron chi connectivity index (χ2n) is 7.78. The molecule has 3 N–H and O–H groups in total. The molecule has 1 amide bonds. The number of nitrogens with one attached hydrogen (secondary N) is 2. The van der Waals surface area contributed by atoms with Gasteiger partial charge in [0.25, 0.3) is 0 Å². The molecule has 0 atom stereocenters. The van der Waals surface area contributed by atoms with Crippen molar-refractivity contribution in [3.05, 3.63) is 61.3 Å². The number of carbonyl (C=O) groups excluding carboxylic acids is 1. The first-order valence-corrected chi connectivity index (χ1v) is 10.9. The van der Waals surface area contributed by atoms with Crippen molar-refractivity contribution in [3.8, 4) is 17.3 Å². The Balaban J connectivity index is 1.72. The van der Waals surface area contributed by atoms with Crippen LogP contribution in [-0.4, -0.2) is 57.8 Å². The first-order valence-electron chi connectivity index (χ1n) is 10.9. The third-order valence-electron chi connectivity index (χ3n) is 5.53. The standard InChI is InChI=1S/C25H27N7O3/c1-5-23(34)27-18-14-19(22(35-4)15-21(18)31(2)12-13-33)30-25-26-11-10-17(29-25)24-28-16-8-6-7-9-20(16)32(24)3/h5-11,14-15,33H,1,12-13H2,2-4H3,(H,27,34)(H,26,29,30). The van der Waals surface area contributed by atoms with Crippen molar-refractivity contribution < 1.29 is 14.6 Å². The minimum Gasteiger partial charge on any atom is -0.494 e. The highest BCUT2D eigenvalue weighted by molar-refractivity contribution is 6.02. The quantitative estimate of drug-likeness (QED) is 0.317. The van der Waals surface area contributed by atoms with Crippen molar-refractivity contribution in [3.63, 3.8) is 0 Å². The zero-order valence-corrected chi connectivity index (χ0v) is 19.8. The second-order valence-corrected chi connectivity index (χ2v) is 7.78. The second kappa shape index (κ2) is 10.2. The zero-order valence-electron chi connectivity index (χ0n) is 19.8. The van der Waals surface area contributed by atoms with Crippen molar-refractivity contribution in [1.82, 2.24) is 19.5 Å². The Labute approximate surface area is 202 Å². The fourth-order valence-electron chi connectivity index (χ4n) is 3.74. The number of hydrogen-bond acceptors (Lipinski definition) is 8. The van der Waals surface area contributed by atoms with Crippen molar-refractivity contribution >= 4 is 40.0 Å². The van der Waals surface area contributed by atoms with E-state index < -0.39 is 0 Å². The molecular weight excluding hydrogens is 446 g/mol. The molecule has 35 heavy (non-hydrogen) atoms. The van der Waals surface area contributed by atoms with E-state index in [2.05, 4.69) is 27.2 Å². The van der Waals surface area contributed by atoms with Crippen LogP contribution in [0.3, 0.4) is 0 Å². The molecular formula is C25H27N7O3. The summed E-state index contributed by atoms with van der Waals surface area (Å²) in [5, 5.41) is 15.4. The number of methoxy groups -OCH3 is 1. The molecule has 0 saturated carbocycles. The van der Waals surface area contributed by atoms with Gasteiger partial charge in [0.2, 0.25) is 11.9 Å². The Morgan fingerprint density at radius 3 is 2.74 bits per heavy atom. The lowest BCUT2D eigenvalue weighted by atomic mass is 10.2. The summed E-state index contributed by atoms with van der Waals surface area (Å²) in [5.41, 5.74) is 4.27. The maximum Gasteiger partial charge on any atom is 0.247 e. The number of fused-ring (bicyclic) bond motifs is 1. The summed E-state index contributed by atoms with van der Waals surface area (Å²) in [6.45, 7) is 3.84. The summed E-state index contributed by atoms with van der Waals surface area (Å²) in [4.78, 5) is 27.6. The SMILES string of the molecule is C=CC(=O)Nc1cc(Nc2nccc(-c3nc4ccccc4n3C)n2)c(OC)cc1N(C)CCO. The molecule has 0 fully saturated rings. The molecule has 0 aliphatic rings. The van der Waals surface area contributed by atoms with E-state index in [0.717, 1.165) is 11.0 Å². The van der Waals surface area contributed by atoms with Crippen LogP contribution in [-0.2, 0) is 11.8 Å². The van der Waals surface area contributed by atoms with E-state index in [1.165, 1.54) is 6.08 Å². The largest absolute Gasteiger partial charge is 0.494 e. The van der Waals surface area contributed by atoms with Gasteiger partial charge in [-0.15, -0.1) is 0 Å². The summed E-state index contributed by atoms with van der Waals surface area (Å²) in [5.74, 6) is 1.20. The molecule has 2 heterocycles. The van der Waals surface area contributed by atoms with Gasteiger partial charge in [-0.25, -0.2) is 15.0 Å². The number of aliphatic hydroxyl groups excluding tert-OH is 1. The fraction of sp³-hybridized carbons (Fsp3) is 0.200. The van der Waals surface area contributed by atoms with Crippen molar-refractivity contribution in [2.45, 2.75) is 0 Å². The van der Waals surface area contributed by atoms with E-state index in [1.54, 1.807) is 31.5 Å². The molecule has 0 saturated heterocycles. The van der Waals surface area contributed by atoms with Gasteiger partial charge in [0, 0.05) is 32.9 Å². The number of likely N-dealkylation sites (N-methyl/N-ethyl adjacent to an activating group) is 1. The van der Waals surface area contributed by atoms with Gasteiger partial charge in [-0.3, -0.25) is 4.79 Å². The summed E-state index contributed by atoms with van der Waals surface area (Å²) in [6, 6.07) is 13.2. The Morgan fingerprint density at radius 2 is 2.03 bits per heavy atom. The number of carbonyl (C=O) groups is 1. The van der Waals surface area contributed by atoms with Crippen LogP contribution in [0.5, 0.6) is 5.75 Å². The van der Waals surface area contributed by atoms with Gasteiger partial charge < -0.3 is 29.9 Å². The highest BCUT2D eigenvalue weighted by Gasteiger charge is 2.17. The van der Waals surface area contributed by atoms with Crippen molar-refractivity contribution in [2.24, 2.45) is 7.05 Å². The number of aliphatic hydroxyl groups is 1. The number of aromatic nitrogens is 4. The van der Waals surface area contributed by atoms with Gasteiger partial charge in [0.05, 0.1) is 41.8 Å². The maximum absolute atomic E-state index is 12.1. The predicted octanol–water partition coefficient (Wildman–Crippen LogP) is 3.34. The molecule has 4 rings (SSSR count). The van der Waals surface area contributed by atoms with Gasteiger partial charge in [0.15, 0.2) is 5.82 Å². The number of rotatable bonds is 9. The highest BCUT2D eigenvalue weighted by atomic mass is 16.5. The van der Waals surface area contributed by atoms with Crippen LogP contribution >= 0.6 is 0 Å². The molecule has 10 heteroatoms. The maximum atomic E-state index is 12.1. The number of aryl methyl sites for hydroxylation is 1. The molecule has 4 aromatic rings. The van der Waals surface area contributed by atoms with Gasteiger partial charge >= 0.3 is 0 Å². The molecule has 10 nitrogen and oxygen atoms in total. The number of benzene rings is 2. The monoisotopic (exact) mass is 473 g/mol. The van der Waals surface area contributed by atoms with Crippen LogP contribution < -0.4 is 20.3 Å². The third kappa shape index (κ3) is 4.92. The van der Waals surface area contributed by atoms with E-state index in [1.807, 2.05) is 47.8 Å². The molecule has 2 aromatic heterocycles. The van der Waals surface area contributed by atoms with Crippen molar-refractivity contribution in [2.75, 3.05) is 42.8 Å². The molecule has 180 valence electrons. The van der Waals surface area contributed by atoms with Gasteiger partial charge in [-0.2, -0.15) is 0 Å². The molecule has 0 unspecified atom stereocenters. The fourth-order valence-corrected chi connectivity index (χ4v) is 3.74. The van der Waals surface area contributed by atoms with E-state index in [9.17, 15) is 9.90 Å². The lowest BCUT2D eigenvalue weighted by molar-refractivity contribution is -0.111. The Morgan fingerprint density at radius 1 is 1.23 bits per heavy atom. The van der Waals surface area contributed by atoms with Crippen molar-refractivity contribution in [1.29, 1.82) is 0 Å². The van der Waals surface area contributed by atoms with Gasteiger partial charge in [0.1, 0.15) is 11.4 Å². The molecule has 0 spiro atoms. The van der Waals surface area contributed by atoms with Crippen LogP contribution in [0.25, 0.3) is 22.6 Å². The van der Waals surface area contributed by atoms with Crippen LogP contribution in [0.4, 0.5) is 23.0 Å². The molecule has 0 radical (unpaired) electrons. The van der Waals surface area contributed by atoms with Crippen LogP contribution in [0, 0.1) is 0 Å². The topological polar surface area (TPSA) is 117 Å². The highest BCUT2D eigenvalue weighted by Crippen LogP contribution is 2.38. The van der Waals surface area contributed by atoms with E-state index in [0.29, 0.717) is 46.8 Å². The number of anilines is 4. The summed E-state index contributed by atoms with van der Waals surface area (Å²) < 4.78 is 7.57. The Bertz CT molecular complexity index is 1380. The average molecular weight is 474 g/mol. The summed E-state index contributed by atoms with van der Waals surface area (Å²) >= 11 is 0. The number of amides is 1. The first-order chi connectivity index (χ1) is 16.9. The average Bonchev–Trinajstić information content (AvgIpc) is 3.21. The van der Waals surface area contributed by atoms with E-state index in [4.69, 9.17) is 9.72 Å². The summed E-state index contributed by atoms with van der Waals surface area (Å²) in [6.07, 6.45) is 2.84. The number of para-hydroxylation sites is 2. The van der Waals surface area contributed by atoms with Crippen LogP contribution in [0.2, 0.25) is 0 Å². The lowest BCUT2D eigenvalue weighted by Crippen LogP contribution is -2.23. The molecule has 0 aliphatic carbocycles. The van der Waals surface area contributed by atoms with Crippen LogP contribution in [0.15, 0.2) is 61.3 Å². The minimum atomic E-state index is -0.361. The Kier molecular flexibility index (Phi) is 6.93. The number of hydrogen-bond donors (Lipinski definition) is 3. The predicted molar refractivity (Wildman–Crippen MR) is 137 cm³/mol. The zero-order chi connectivity index (χ0) is 24.9. The van der Waals surface area contributed by atoms with Gasteiger partial charge in [-0.1, -0.05) is 18.7 Å². The number of ether oxygens (including phenoxy) is 1.